The molecular weight excluding hydrogens is 234 g/mol. The number of hydrogen-bond acceptors (Lipinski definition) is 3. The first-order valence-corrected chi connectivity index (χ1v) is 6.03. The second-order valence-electron chi connectivity index (χ2n) is 4.92. The number of carbonyl (C=O) groups is 2. The van der Waals surface area contributed by atoms with Crippen LogP contribution in [-0.4, -0.2) is 35.5 Å². The number of rotatable bonds is 5. The Hall–Kier alpha value is -1.78. The Morgan fingerprint density at radius 2 is 2.17 bits per heavy atom. The van der Waals surface area contributed by atoms with Gasteiger partial charge in [-0.3, -0.25) is 9.59 Å². The van der Waals surface area contributed by atoms with Crippen LogP contribution in [-0.2, 0) is 11.2 Å². The van der Waals surface area contributed by atoms with E-state index in [9.17, 15) is 9.59 Å². The largest absolute Gasteiger partial charge is 0.481 e. The molecule has 5 nitrogen and oxygen atoms in total. The minimum absolute atomic E-state index is 0.149. The van der Waals surface area contributed by atoms with Crippen molar-refractivity contribution in [3.05, 3.63) is 23.2 Å². The maximum absolute atomic E-state index is 12.3. The van der Waals surface area contributed by atoms with Gasteiger partial charge >= 0.3 is 5.97 Å². The molecule has 1 aliphatic carbocycles. The third-order valence-electron chi connectivity index (χ3n) is 3.15. The van der Waals surface area contributed by atoms with Gasteiger partial charge in [-0.15, -0.1) is 0 Å². The molecule has 0 atom stereocenters. The number of aliphatic carboxylic acids is 1. The molecule has 0 unspecified atom stereocenters. The van der Waals surface area contributed by atoms with Crippen LogP contribution >= 0.6 is 0 Å². The van der Waals surface area contributed by atoms with Gasteiger partial charge in [0, 0.05) is 19.2 Å². The van der Waals surface area contributed by atoms with Crippen molar-refractivity contribution in [3.63, 3.8) is 0 Å². The first-order valence-electron chi connectivity index (χ1n) is 6.03. The summed E-state index contributed by atoms with van der Waals surface area (Å²) in [4.78, 5) is 24.6. The summed E-state index contributed by atoms with van der Waals surface area (Å²) >= 11 is 0. The summed E-state index contributed by atoms with van der Waals surface area (Å²) < 4.78 is 5.17. The van der Waals surface area contributed by atoms with Crippen molar-refractivity contribution in [2.75, 3.05) is 13.6 Å². The molecule has 1 fully saturated rings. The zero-order chi connectivity index (χ0) is 13.3. The number of amides is 1. The number of aryl methyl sites for hydroxylation is 1. The van der Waals surface area contributed by atoms with Gasteiger partial charge < -0.3 is 14.4 Å². The molecule has 1 aromatic heterocycles. The third-order valence-corrected chi connectivity index (χ3v) is 3.15. The molecule has 5 heteroatoms. The fraction of sp³-hybridized carbons (Fsp3) is 0.538. The second-order valence-corrected chi connectivity index (χ2v) is 4.92. The Balaban J connectivity index is 2.16. The third kappa shape index (κ3) is 2.72. The monoisotopic (exact) mass is 251 g/mol. The lowest BCUT2D eigenvalue weighted by Crippen LogP contribution is -2.29. The lowest BCUT2D eigenvalue weighted by molar-refractivity contribution is -0.136. The molecule has 1 saturated carbocycles. The van der Waals surface area contributed by atoms with E-state index in [2.05, 4.69) is 0 Å². The van der Waals surface area contributed by atoms with E-state index >= 15 is 0 Å². The Bertz CT molecular complexity index is 473. The molecule has 18 heavy (non-hydrogen) atoms. The van der Waals surface area contributed by atoms with Crippen molar-refractivity contribution in [3.8, 4) is 0 Å². The molecule has 0 aliphatic heterocycles. The second kappa shape index (κ2) is 4.84. The smallest absolute Gasteiger partial charge is 0.311 e. The van der Waals surface area contributed by atoms with Crippen molar-refractivity contribution in [2.45, 2.75) is 26.2 Å². The number of carboxylic acids is 1. The SMILES string of the molecule is Cc1coc(CC(=O)O)c1C(=O)N(C)CC1CC1. The van der Waals surface area contributed by atoms with E-state index in [1.54, 1.807) is 18.9 Å². The van der Waals surface area contributed by atoms with E-state index in [1.807, 2.05) is 0 Å². The van der Waals surface area contributed by atoms with Crippen LogP contribution in [0.5, 0.6) is 0 Å². The molecule has 98 valence electrons. The van der Waals surface area contributed by atoms with Crippen molar-refractivity contribution in [1.82, 2.24) is 4.90 Å². The summed E-state index contributed by atoms with van der Waals surface area (Å²) in [6.07, 6.45) is 3.52. The van der Waals surface area contributed by atoms with Crippen LogP contribution in [0.15, 0.2) is 10.7 Å². The molecule has 1 amide bonds. The van der Waals surface area contributed by atoms with Crippen LogP contribution in [0.2, 0.25) is 0 Å². The highest BCUT2D eigenvalue weighted by molar-refractivity contribution is 5.97. The maximum Gasteiger partial charge on any atom is 0.311 e. The molecule has 0 radical (unpaired) electrons. The summed E-state index contributed by atoms with van der Waals surface area (Å²) in [5.74, 6) is -0.297. The van der Waals surface area contributed by atoms with E-state index in [0.29, 0.717) is 17.0 Å². The molecule has 0 saturated heterocycles. The van der Waals surface area contributed by atoms with Crippen LogP contribution in [0, 0.1) is 12.8 Å². The minimum Gasteiger partial charge on any atom is -0.481 e. The Morgan fingerprint density at radius 3 is 2.72 bits per heavy atom. The lowest BCUT2D eigenvalue weighted by atomic mass is 10.1. The summed E-state index contributed by atoms with van der Waals surface area (Å²) in [5, 5.41) is 8.79. The first kappa shape index (κ1) is 12.7. The zero-order valence-corrected chi connectivity index (χ0v) is 10.6. The van der Waals surface area contributed by atoms with Gasteiger partial charge in [-0.25, -0.2) is 0 Å². The van der Waals surface area contributed by atoms with E-state index in [4.69, 9.17) is 9.52 Å². The topological polar surface area (TPSA) is 70.7 Å². The highest BCUT2D eigenvalue weighted by atomic mass is 16.4. The molecule has 0 spiro atoms. The normalized spacial score (nSPS) is 14.6. The van der Waals surface area contributed by atoms with Gasteiger partial charge in [-0.2, -0.15) is 0 Å². The number of carbonyl (C=O) groups excluding carboxylic acids is 1. The van der Waals surface area contributed by atoms with Crippen LogP contribution < -0.4 is 0 Å². The molecule has 0 aromatic carbocycles. The van der Waals surface area contributed by atoms with Crippen LogP contribution in [0.3, 0.4) is 0 Å². The molecule has 1 N–H and O–H groups in total. The number of carboxylic acid groups (broad SMARTS) is 1. The Morgan fingerprint density at radius 1 is 1.50 bits per heavy atom. The summed E-state index contributed by atoms with van der Waals surface area (Å²) in [6.45, 7) is 2.49. The molecule has 1 aromatic rings. The standard InChI is InChI=1S/C13H17NO4/c1-8-7-18-10(5-11(15)16)12(8)13(17)14(2)6-9-3-4-9/h7,9H,3-6H2,1-2H3,(H,15,16). The highest BCUT2D eigenvalue weighted by Crippen LogP contribution is 2.30. The van der Waals surface area contributed by atoms with Crippen molar-refractivity contribution >= 4 is 11.9 Å². The summed E-state index contributed by atoms with van der Waals surface area (Å²) in [7, 11) is 1.75. The minimum atomic E-state index is -0.997. The van der Waals surface area contributed by atoms with E-state index < -0.39 is 5.97 Å². The molecular formula is C13H17NO4. The first-order chi connectivity index (χ1) is 8.49. The quantitative estimate of drug-likeness (QED) is 0.864. The maximum atomic E-state index is 12.3. The Kier molecular flexibility index (Phi) is 3.41. The fourth-order valence-electron chi connectivity index (χ4n) is 2.01. The molecule has 1 heterocycles. The van der Waals surface area contributed by atoms with Crippen LogP contribution in [0.4, 0.5) is 0 Å². The van der Waals surface area contributed by atoms with Crippen molar-refractivity contribution in [1.29, 1.82) is 0 Å². The van der Waals surface area contributed by atoms with E-state index in [0.717, 1.165) is 6.54 Å². The van der Waals surface area contributed by atoms with Gasteiger partial charge in [0.25, 0.3) is 5.91 Å². The van der Waals surface area contributed by atoms with Crippen molar-refractivity contribution in [2.24, 2.45) is 5.92 Å². The van der Waals surface area contributed by atoms with Crippen LogP contribution in [0.1, 0.15) is 34.5 Å². The average Bonchev–Trinajstić information content (AvgIpc) is 3.02. The molecule has 1 aliphatic rings. The van der Waals surface area contributed by atoms with Gasteiger partial charge in [0.2, 0.25) is 0 Å². The van der Waals surface area contributed by atoms with Gasteiger partial charge in [-0.05, 0) is 25.7 Å². The fourth-order valence-corrected chi connectivity index (χ4v) is 2.01. The van der Waals surface area contributed by atoms with Gasteiger partial charge in [0.1, 0.15) is 12.2 Å². The lowest BCUT2D eigenvalue weighted by Gasteiger charge is -2.17. The van der Waals surface area contributed by atoms with Gasteiger partial charge in [-0.1, -0.05) is 0 Å². The average molecular weight is 251 g/mol. The van der Waals surface area contributed by atoms with Crippen molar-refractivity contribution < 1.29 is 19.1 Å². The van der Waals surface area contributed by atoms with Gasteiger partial charge in [0.15, 0.2) is 0 Å². The van der Waals surface area contributed by atoms with Gasteiger partial charge in [0.05, 0.1) is 11.8 Å². The van der Waals surface area contributed by atoms with E-state index in [-0.39, 0.29) is 18.1 Å². The van der Waals surface area contributed by atoms with E-state index in [1.165, 1.54) is 19.1 Å². The predicted molar refractivity (Wildman–Crippen MR) is 64.5 cm³/mol. The summed E-state index contributed by atoms with van der Waals surface area (Å²) in [6, 6.07) is 0. The summed E-state index contributed by atoms with van der Waals surface area (Å²) in [5.41, 5.74) is 1.10. The molecule has 0 bridgehead atoms. The number of furan rings is 1. The highest BCUT2D eigenvalue weighted by Gasteiger charge is 2.28. The predicted octanol–water partition coefficient (Wildman–Crippen LogP) is 1.70. The van der Waals surface area contributed by atoms with Crippen LogP contribution in [0.25, 0.3) is 0 Å². The number of hydrogen-bond donors (Lipinski definition) is 1. The number of nitrogens with zero attached hydrogens (tertiary/aromatic N) is 1. The Labute approximate surface area is 105 Å². The molecule has 2 rings (SSSR count). The zero-order valence-electron chi connectivity index (χ0n) is 10.6.